The largest absolute Gasteiger partial charge is 0.386 e. The Labute approximate surface area is 206 Å². The molecule has 5 nitrogen and oxygen atoms in total. The van der Waals surface area contributed by atoms with Gasteiger partial charge in [-0.2, -0.15) is 0 Å². The summed E-state index contributed by atoms with van der Waals surface area (Å²) < 4.78 is 40.2. The fraction of sp³-hybridized carbons (Fsp3) is 0.357. The molecule has 7 heteroatoms. The van der Waals surface area contributed by atoms with E-state index in [-0.39, 0.29) is 17.9 Å². The highest BCUT2D eigenvalue weighted by Gasteiger charge is 2.56. The summed E-state index contributed by atoms with van der Waals surface area (Å²) in [7, 11) is -3.44. The maximum Gasteiger partial charge on any atom is 0.232 e. The lowest BCUT2D eigenvalue weighted by Gasteiger charge is -2.32. The Bertz CT molecular complexity index is 1290. The normalized spacial score (nSPS) is 24.4. The lowest BCUT2D eigenvalue weighted by atomic mass is 9.76. The summed E-state index contributed by atoms with van der Waals surface area (Å²) >= 11 is 0. The minimum Gasteiger partial charge on any atom is -0.386 e. The first-order valence-electron chi connectivity index (χ1n) is 12.0. The third-order valence-corrected chi connectivity index (χ3v) is 8.78. The standard InChI is InChI=1S/C28H31FN2O3S/c1-35(33,34)31(20-22-6-3-2-4-7-22)25-12-10-21(11-13-25)19-27-14-16-28(30-27,17-15-27)26(32)23-8-5-9-24(29)18-23/h2-13,18,26,30,32H,14-17,19-20H2,1H3/t26-,27?,28?/m0/s1. The van der Waals surface area contributed by atoms with Crippen molar-refractivity contribution in [3.63, 3.8) is 0 Å². The Morgan fingerprint density at radius 3 is 2.26 bits per heavy atom. The van der Waals surface area contributed by atoms with Crippen molar-refractivity contribution in [1.82, 2.24) is 5.32 Å². The van der Waals surface area contributed by atoms with Gasteiger partial charge in [0.05, 0.1) is 24.6 Å². The zero-order valence-electron chi connectivity index (χ0n) is 19.8. The summed E-state index contributed by atoms with van der Waals surface area (Å²) in [5, 5.41) is 14.8. The van der Waals surface area contributed by atoms with E-state index in [1.807, 2.05) is 54.6 Å². The molecule has 0 spiro atoms. The predicted molar refractivity (Wildman–Crippen MR) is 136 cm³/mol. The molecule has 0 aliphatic carbocycles. The van der Waals surface area contributed by atoms with E-state index in [1.54, 1.807) is 12.1 Å². The van der Waals surface area contributed by atoms with E-state index in [1.165, 1.54) is 22.7 Å². The van der Waals surface area contributed by atoms with E-state index >= 15 is 0 Å². The fourth-order valence-corrected chi connectivity index (χ4v) is 6.72. The highest BCUT2D eigenvalue weighted by Crippen LogP contribution is 2.51. The molecule has 0 radical (unpaired) electrons. The molecule has 5 rings (SSSR count). The van der Waals surface area contributed by atoms with Crippen molar-refractivity contribution in [2.45, 2.75) is 55.8 Å². The second-order valence-electron chi connectivity index (χ2n) is 10.1. The molecule has 2 N–H and O–H groups in total. The second-order valence-corrected chi connectivity index (χ2v) is 12.0. The van der Waals surface area contributed by atoms with Crippen LogP contribution < -0.4 is 9.62 Å². The van der Waals surface area contributed by atoms with E-state index in [9.17, 15) is 17.9 Å². The van der Waals surface area contributed by atoms with Crippen molar-refractivity contribution in [3.8, 4) is 0 Å². The van der Waals surface area contributed by atoms with Gasteiger partial charge in [-0.3, -0.25) is 4.31 Å². The van der Waals surface area contributed by atoms with E-state index in [2.05, 4.69) is 5.32 Å². The van der Waals surface area contributed by atoms with Crippen LogP contribution in [-0.2, 0) is 23.0 Å². The number of benzene rings is 3. The van der Waals surface area contributed by atoms with Crippen LogP contribution in [0.15, 0.2) is 78.9 Å². The Balaban J connectivity index is 1.31. The molecule has 3 aromatic carbocycles. The number of aliphatic hydroxyl groups excluding tert-OH is 1. The second kappa shape index (κ2) is 9.04. The summed E-state index contributed by atoms with van der Waals surface area (Å²) in [6, 6.07) is 23.5. The summed E-state index contributed by atoms with van der Waals surface area (Å²) in [4.78, 5) is 0. The Morgan fingerprint density at radius 1 is 0.943 bits per heavy atom. The minimum atomic E-state index is -3.44. The molecule has 0 saturated carbocycles. The quantitative estimate of drug-likeness (QED) is 0.475. The Hall–Kier alpha value is -2.74. The van der Waals surface area contributed by atoms with Gasteiger partial charge in [-0.05, 0) is 73.1 Å². The first-order valence-corrected chi connectivity index (χ1v) is 13.9. The van der Waals surface area contributed by atoms with Crippen LogP contribution >= 0.6 is 0 Å². The minimum absolute atomic E-state index is 0.115. The number of sulfonamides is 1. The average molecular weight is 495 g/mol. The van der Waals surface area contributed by atoms with Crippen molar-refractivity contribution in [2.75, 3.05) is 10.6 Å². The molecular formula is C28H31FN2O3S. The van der Waals surface area contributed by atoms with Crippen molar-refractivity contribution in [1.29, 1.82) is 0 Å². The monoisotopic (exact) mass is 494 g/mol. The van der Waals surface area contributed by atoms with Crippen LogP contribution in [0, 0.1) is 5.82 Å². The van der Waals surface area contributed by atoms with Gasteiger partial charge in [0.1, 0.15) is 5.82 Å². The predicted octanol–water partition coefficient (Wildman–Crippen LogP) is 4.72. The number of anilines is 1. The van der Waals surface area contributed by atoms with Gasteiger partial charge in [0.25, 0.3) is 0 Å². The Kier molecular flexibility index (Phi) is 6.20. The molecule has 2 aliphatic rings. The molecule has 2 bridgehead atoms. The number of nitrogens with one attached hydrogen (secondary N) is 1. The van der Waals surface area contributed by atoms with E-state index in [0.29, 0.717) is 11.3 Å². The number of aliphatic hydroxyl groups is 1. The van der Waals surface area contributed by atoms with Crippen LogP contribution in [0.2, 0.25) is 0 Å². The molecule has 0 amide bonds. The van der Waals surface area contributed by atoms with Crippen molar-refractivity contribution in [2.24, 2.45) is 0 Å². The number of hydrogen-bond acceptors (Lipinski definition) is 4. The van der Waals surface area contributed by atoms with Gasteiger partial charge < -0.3 is 10.4 Å². The number of rotatable bonds is 8. The van der Waals surface area contributed by atoms with Gasteiger partial charge in [-0.15, -0.1) is 0 Å². The molecule has 1 atom stereocenters. The molecule has 2 saturated heterocycles. The van der Waals surface area contributed by atoms with E-state index in [0.717, 1.165) is 43.2 Å². The van der Waals surface area contributed by atoms with E-state index in [4.69, 9.17) is 0 Å². The van der Waals surface area contributed by atoms with Gasteiger partial charge in [-0.1, -0.05) is 54.6 Å². The molecule has 2 fully saturated rings. The average Bonchev–Trinajstić information content (AvgIpc) is 3.40. The summed E-state index contributed by atoms with van der Waals surface area (Å²) in [5.74, 6) is -0.337. The van der Waals surface area contributed by atoms with E-state index < -0.39 is 21.7 Å². The summed E-state index contributed by atoms with van der Waals surface area (Å²) in [6.45, 7) is 0.283. The van der Waals surface area contributed by atoms with Crippen LogP contribution in [0.25, 0.3) is 0 Å². The number of nitrogens with zero attached hydrogens (tertiary/aromatic N) is 1. The smallest absolute Gasteiger partial charge is 0.232 e. The van der Waals surface area contributed by atoms with Gasteiger partial charge in [0, 0.05) is 11.1 Å². The molecule has 35 heavy (non-hydrogen) atoms. The zero-order valence-corrected chi connectivity index (χ0v) is 20.6. The van der Waals surface area contributed by atoms with Crippen LogP contribution in [0.3, 0.4) is 0 Å². The molecule has 0 unspecified atom stereocenters. The molecule has 2 heterocycles. The molecular weight excluding hydrogens is 463 g/mol. The molecule has 184 valence electrons. The van der Waals surface area contributed by atoms with Gasteiger partial charge >= 0.3 is 0 Å². The highest BCUT2D eigenvalue weighted by atomic mass is 32.2. The van der Waals surface area contributed by atoms with Crippen LogP contribution in [0.1, 0.15) is 48.5 Å². The number of fused-ring (bicyclic) bond motifs is 2. The zero-order chi connectivity index (χ0) is 24.7. The maximum atomic E-state index is 13.7. The van der Waals surface area contributed by atoms with Crippen molar-refractivity contribution < 1.29 is 17.9 Å². The summed E-state index contributed by atoms with van der Waals surface area (Å²) in [5.41, 5.74) is 2.74. The number of halogens is 1. The third-order valence-electron chi connectivity index (χ3n) is 7.64. The SMILES string of the molecule is CS(=O)(=O)N(Cc1ccccc1)c1ccc(CC23CCC([C@@H](O)c4cccc(F)c4)(CC2)N3)cc1. The summed E-state index contributed by atoms with van der Waals surface area (Å²) in [6.07, 6.45) is 4.81. The molecule has 2 aliphatic heterocycles. The fourth-order valence-electron chi connectivity index (χ4n) is 5.83. The van der Waals surface area contributed by atoms with Crippen molar-refractivity contribution >= 4 is 15.7 Å². The first kappa shape index (κ1) is 24.0. The molecule has 0 aromatic heterocycles. The number of hydrogen-bond donors (Lipinski definition) is 2. The van der Waals surface area contributed by atoms with Crippen LogP contribution in [0.4, 0.5) is 10.1 Å². The molecule has 3 aromatic rings. The van der Waals surface area contributed by atoms with Gasteiger partial charge in [0.15, 0.2) is 0 Å². The maximum absolute atomic E-state index is 13.7. The van der Waals surface area contributed by atoms with Gasteiger partial charge in [0.2, 0.25) is 10.0 Å². The highest BCUT2D eigenvalue weighted by molar-refractivity contribution is 7.92. The van der Waals surface area contributed by atoms with Crippen LogP contribution in [0.5, 0.6) is 0 Å². The van der Waals surface area contributed by atoms with Gasteiger partial charge in [-0.25, -0.2) is 12.8 Å². The lowest BCUT2D eigenvalue weighted by molar-refractivity contribution is 0.0734. The first-order chi connectivity index (χ1) is 16.7. The lowest BCUT2D eigenvalue weighted by Crippen LogP contribution is -2.47. The van der Waals surface area contributed by atoms with Crippen LogP contribution in [-0.4, -0.2) is 30.9 Å². The Morgan fingerprint density at radius 2 is 1.63 bits per heavy atom. The topological polar surface area (TPSA) is 69.6 Å². The van der Waals surface area contributed by atoms with Crippen molar-refractivity contribution in [3.05, 3.63) is 101 Å². The third kappa shape index (κ3) is 4.85.